The third-order valence-electron chi connectivity index (χ3n) is 3.72. The van der Waals surface area contributed by atoms with Crippen LogP contribution < -0.4 is 4.74 Å². The van der Waals surface area contributed by atoms with Crippen LogP contribution in [0.2, 0.25) is 0 Å². The SMILES string of the molecule is O=C1C(=Cc2c[nH]c3ccc(O)cc23)Oc2cc(O)cc(O)c21. The molecule has 3 aromatic rings. The third-order valence-corrected chi connectivity index (χ3v) is 3.72. The summed E-state index contributed by atoms with van der Waals surface area (Å²) in [6.07, 6.45) is 3.21. The highest BCUT2D eigenvalue weighted by atomic mass is 16.5. The average Bonchev–Trinajstić information content (AvgIpc) is 3.01. The quantitative estimate of drug-likeness (QED) is 0.518. The fourth-order valence-corrected chi connectivity index (χ4v) is 2.67. The molecule has 23 heavy (non-hydrogen) atoms. The van der Waals surface area contributed by atoms with Crippen LogP contribution in [0, 0.1) is 0 Å². The second kappa shape index (κ2) is 4.54. The van der Waals surface area contributed by atoms with E-state index in [2.05, 4.69) is 4.98 Å². The van der Waals surface area contributed by atoms with E-state index in [1.165, 1.54) is 12.1 Å². The number of ketones is 1. The first kappa shape index (κ1) is 13.3. The number of fused-ring (bicyclic) bond motifs is 2. The first-order chi connectivity index (χ1) is 11.0. The van der Waals surface area contributed by atoms with Gasteiger partial charge >= 0.3 is 0 Å². The molecule has 2 aromatic carbocycles. The highest BCUT2D eigenvalue weighted by Crippen LogP contribution is 2.40. The summed E-state index contributed by atoms with van der Waals surface area (Å²) in [7, 11) is 0. The molecule has 2 heterocycles. The highest BCUT2D eigenvalue weighted by Gasteiger charge is 2.31. The van der Waals surface area contributed by atoms with Crippen molar-refractivity contribution in [2.24, 2.45) is 0 Å². The lowest BCUT2D eigenvalue weighted by molar-refractivity contribution is 0.101. The molecule has 0 radical (unpaired) electrons. The largest absolute Gasteiger partial charge is 0.508 e. The molecular weight excluding hydrogens is 298 g/mol. The van der Waals surface area contributed by atoms with Crippen molar-refractivity contribution < 1.29 is 24.9 Å². The smallest absolute Gasteiger partial charge is 0.235 e. The average molecular weight is 309 g/mol. The number of aromatic nitrogens is 1. The van der Waals surface area contributed by atoms with Gasteiger partial charge in [-0.3, -0.25) is 4.79 Å². The number of H-pyrrole nitrogens is 1. The van der Waals surface area contributed by atoms with Crippen molar-refractivity contribution >= 4 is 22.8 Å². The van der Waals surface area contributed by atoms with E-state index < -0.39 is 5.78 Å². The van der Waals surface area contributed by atoms with Crippen molar-refractivity contribution in [3.63, 3.8) is 0 Å². The molecule has 0 atom stereocenters. The summed E-state index contributed by atoms with van der Waals surface area (Å²) < 4.78 is 5.45. The van der Waals surface area contributed by atoms with Crippen LogP contribution in [0.5, 0.6) is 23.0 Å². The van der Waals surface area contributed by atoms with Gasteiger partial charge in [-0.2, -0.15) is 0 Å². The second-order valence-electron chi connectivity index (χ2n) is 5.25. The molecule has 4 rings (SSSR count). The minimum atomic E-state index is -0.466. The van der Waals surface area contributed by atoms with E-state index in [1.54, 1.807) is 24.4 Å². The van der Waals surface area contributed by atoms with Crippen LogP contribution in [0.4, 0.5) is 0 Å². The van der Waals surface area contributed by atoms with Crippen LogP contribution in [0.25, 0.3) is 17.0 Å². The third kappa shape index (κ3) is 2.00. The van der Waals surface area contributed by atoms with E-state index in [0.717, 1.165) is 17.0 Å². The van der Waals surface area contributed by atoms with Crippen LogP contribution in [-0.2, 0) is 0 Å². The number of carbonyl (C=O) groups excluding carboxylic acids is 1. The number of hydrogen-bond acceptors (Lipinski definition) is 5. The normalized spacial score (nSPS) is 15.1. The Balaban J connectivity index is 1.82. The monoisotopic (exact) mass is 309 g/mol. The van der Waals surface area contributed by atoms with Crippen molar-refractivity contribution in [3.05, 3.63) is 53.4 Å². The Morgan fingerprint density at radius 3 is 2.70 bits per heavy atom. The van der Waals surface area contributed by atoms with Crippen molar-refractivity contribution in [2.75, 3.05) is 0 Å². The van der Waals surface area contributed by atoms with Gasteiger partial charge in [0.25, 0.3) is 0 Å². The molecule has 1 aliphatic rings. The Bertz CT molecular complexity index is 1000. The molecule has 0 amide bonds. The van der Waals surface area contributed by atoms with Crippen molar-refractivity contribution in [2.45, 2.75) is 0 Å². The summed E-state index contributed by atoms with van der Waals surface area (Å²) >= 11 is 0. The Labute approximate surface area is 129 Å². The number of aromatic hydroxyl groups is 3. The molecule has 1 aromatic heterocycles. The summed E-state index contributed by atoms with van der Waals surface area (Å²) in [6.45, 7) is 0. The van der Waals surface area contributed by atoms with Gasteiger partial charge in [0.2, 0.25) is 5.78 Å². The summed E-state index contributed by atoms with van der Waals surface area (Å²) in [4.78, 5) is 15.4. The molecule has 0 bridgehead atoms. The molecule has 1 aliphatic heterocycles. The van der Waals surface area contributed by atoms with Gasteiger partial charge in [-0.1, -0.05) is 0 Å². The Morgan fingerprint density at radius 2 is 1.87 bits per heavy atom. The lowest BCUT2D eigenvalue weighted by Gasteiger charge is -2.00. The van der Waals surface area contributed by atoms with Gasteiger partial charge in [0.05, 0.1) is 0 Å². The number of ether oxygens (including phenoxy) is 1. The maximum atomic E-state index is 12.4. The van der Waals surface area contributed by atoms with E-state index in [9.17, 15) is 20.1 Å². The molecule has 0 fully saturated rings. The van der Waals surface area contributed by atoms with Crippen LogP contribution in [-0.4, -0.2) is 26.1 Å². The van der Waals surface area contributed by atoms with Crippen LogP contribution in [0.1, 0.15) is 15.9 Å². The zero-order valence-electron chi connectivity index (χ0n) is 11.7. The summed E-state index contributed by atoms with van der Waals surface area (Å²) in [6, 6.07) is 7.22. The minimum absolute atomic E-state index is 0.0248. The number of phenolic OH excluding ortho intramolecular Hbond substituents is 3. The number of carbonyl (C=O) groups is 1. The van der Waals surface area contributed by atoms with Gasteiger partial charge in [-0.05, 0) is 24.3 Å². The number of Topliss-reactive ketones (excluding diaryl/α,β-unsaturated/α-hetero) is 1. The highest BCUT2D eigenvalue weighted by molar-refractivity contribution is 6.16. The molecule has 0 saturated carbocycles. The molecule has 114 valence electrons. The Kier molecular flexibility index (Phi) is 2.62. The van der Waals surface area contributed by atoms with E-state index >= 15 is 0 Å². The van der Waals surface area contributed by atoms with E-state index in [-0.39, 0.29) is 34.3 Å². The Morgan fingerprint density at radius 1 is 1.04 bits per heavy atom. The summed E-state index contributed by atoms with van der Waals surface area (Å²) in [5.41, 5.74) is 1.49. The second-order valence-corrected chi connectivity index (χ2v) is 5.25. The zero-order chi connectivity index (χ0) is 16.1. The van der Waals surface area contributed by atoms with Crippen molar-refractivity contribution in [3.8, 4) is 23.0 Å². The van der Waals surface area contributed by atoms with Crippen LogP contribution in [0.3, 0.4) is 0 Å². The first-order valence-electron chi connectivity index (χ1n) is 6.83. The van der Waals surface area contributed by atoms with Gasteiger partial charge in [0, 0.05) is 34.8 Å². The molecule has 0 spiro atoms. The number of rotatable bonds is 1. The van der Waals surface area contributed by atoms with Gasteiger partial charge < -0.3 is 25.0 Å². The van der Waals surface area contributed by atoms with Gasteiger partial charge in [-0.25, -0.2) is 0 Å². The molecule has 4 N–H and O–H groups in total. The van der Waals surface area contributed by atoms with E-state index in [4.69, 9.17) is 4.74 Å². The summed E-state index contributed by atoms with van der Waals surface area (Å²) in [5.74, 6) is -0.725. The molecule has 0 unspecified atom stereocenters. The molecule has 0 aliphatic carbocycles. The first-order valence-corrected chi connectivity index (χ1v) is 6.83. The number of allylic oxidation sites excluding steroid dienone is 1. The fourth-order valence-electron chi connectivity index (χ4n) is 2.67. The lowest BCUT2D eigenvalue weighted by Crippen LogP contribution is -1.98. The number of nitrogens with one attached hydrogen (secondary N) is 1. The van der Waals surface area contributed by atoms with Gasteiger partial charge in [-0.15, -0.1) is 0 Å². The number of hydrogen-bond donors (Lipinski definition) is 4. The molecule has 6 heteroatoms. The lowest BCUT2D eigenvalue weighted by atomic mass is 10.1. The predicted molar refractivity (Wildman–Crippen MR) is 82.7 cm³/mol. The molecule has 6 nitrogen and oxygen atoms in total. The van der Waals surface area contributed by atoms with E-state index in [1.807, 2.05) is 0 Å². The molecular formula is C17H11NO5. The maximum absolute atomic E-state index is 12.4. The maximum Gasteiger partial charge on any atom is 0.235 e. The Hall–Kier alpha value is -3.41. The van der Waals surface area contributed by atoms with Crippen LogP contribution >= 0.6 is 0 Å². The number of benzene rings is 2. The number of aromatic amines is 1. The minimum Gasteiger partial charge on any atom is -0.508 e. The summed E-state index contributed by atoms with van der Waals surface area (Å²) in [5, 5.41) is 29.6. The van der Waals surface area contributed by atoms with Crippen molar-refractivity contribution in [1.29, 1.82) is 0 Å². The van der Waals surface area contributed by atoms with Crippen molar-refractivity contribution in [1.82, 2.24) is 4.98 Å². The number of phenols is 3. The topological polar surface area (TPSA) is 103 Å². The molecule has 0 saturated heterocycles. The van der Waals surface area contributed by atoms with E-state index in [0.29, 0.717) is 5.56 Å². The standard InChI is InChI=1S/C17H11NO5/c19-9-1-2-12-11(4-9)8(7-18-12)3-15-17(22)16-13(21)5-10(20)6-14(16)23-15/h1-7,18-21H. The van der Waals surface area contributed by atoms with Crippen LogP contribution in [0.15, 0.2) is 42.3 Å². The van der Waals surface area contributed by atoms with Gasteiger partial charge in [0.15, 0.2) is 5.76 Å². The zero-order valence-corrected chi connectivity index (χ0v) is 11.7. The van der Waals surface area contributed by atoms with Gasteiger partial charge in [0.1, 0.15) is 28.6 Å². The fraction of sp³-hybridized carbons (Fsp3) is 0. The predicted octanol–water partition coefficient (Wildman–Crippen LogP) is 2.90.